The Bertz CT molecular complexity index is 1600. The average Bonchev–Trinajstić information content (AvgIpc) is 3.68. The maximum absolute atomic E-state index is 14.9. The third-order valence-corrected chi connectivity index (χ3v) is 10.3. The number of cyclic esters (lactones) is 1. The van der Waals surface area contributed by atoms with Gasteiger partial charge in [-0.1, -0.05) is 58.4 Å². The van der Waals surface area contributed by atoms with Crippen LogP contribution in [0.3, 0.4) is 0 Å². The van der Waals surface area contributed by atoms with Crippen molar-refractivity contribution in [3.8, 4) is 5.75 Å². The molecule has 2 fully saturated rings. The number of fused-ring (bicyclic) bond motifs is 2. The number of methoxy groups -OCH3 is 1. The van der Waals surface area contributed by atoms with Crippen LogP contribution in [0, 0.1) is 11.8 Å². The SMILES string of the molecule is COc1ccc(N2C/C=C\CCC(=O)N[C@@H](C)[C@H](c3ccccc3)OC(=O)[C@H]3[C@@H]4O[C@@]5(C=C4Br)[C@@H]3C(=O)N(CCCCO)[C@@H]5C2=O)cc1. The van der Waals surface area contributed by atoms with Crippen LogP contribution in [0.2, 0.25) is 0 Å². The number of amides is 3. The zero-order chi connectivity index (χ0) is 34.0. The number of halogens is 1. The van der Waals surface area contributed by atoms with Crippen LogP contribution >= 0.6 is 15.9 Å². The third-order valence-electron chi connectivity index (χ3n) is 9.60. The standard InChI is InChI=1S/C36H40BrN3O8/c1-22-30(23-11-5-3-6-12-23)47-35(45)28-29-33(43)40(19-9-10-20-41)32(36(29)21-26(37)31(28)48-36)34(44)39(18-8-4-7-13-27(42)38-22)24-14-16-25(46-2)17-15-24/h3-6,8,11-12,14-17,21-22,28-32,41H,7,9-10,13,18-20H2,1-2H3,(H,38,42)/b8-4-/t22-,28+,29-,30+,31+,32+,36-/m0/s1. The number of nitrogens with one attached hydrogen (secondary N) is 1. The maximum atomic E-state index is 14.9. The predicted molar refractivity (Wildman–Crippen MR) is 180 cm³/mol. The summed E-state index contributed by atoms with van der Waals surface area (Å²) < 4.78 is 18.7. The number of hydrogen-bond acceptors (Lipinski definition) is 8. The van der Waals surface area contributed by atoms with Gasteiger partial charge in [-0.05, 0) is 62.1 Å². The monoisotopic (exact) mass is 721 g/mol. The molecular weight excluding hydrogens is 682 g/mol. The minimum Gasteiger partial charge on any atom is -0.497 e. The molecule has 3 amide bonds. The summed E-state index contributed by atoms with van der Waals surface area (Å²) in [6, 6.07) is 14.5. The highest BCUT2D eigenvalue weighted by atomic mass is 79.9. The van der Waals surface area contributed by atoms with Gasteiger partial charge in [-0.3, -0.25) is 19.2 Å². The van der Waals surface area contributed by atoms with Crippen molar-refractivity contribution in [3.63, 3.8) is 0 Å². The van der Waals surface area contributed by atoms with Gasteiger partial charge in [0.2, 0.25) is 11.8 Å². The number of allylic oxidation sites excluding steroid dienone is 1. The van der Waals surface area contributed by atoms with E-state index in [9.17, 15) is 24.3 Å². The second-order valence-electron chi connectivity index (χ2n) is 12.6. The van der Waals surface area contributed by atoms with E-state index in [1.807, 2.05) is 42.5 Å². The van der Waals surface area contributed by atoms with E-state index >= 15 is 0 Å². The molecule has 4 aliphatic rings. The molecule has 4 heterocycles. The second kappa shape index (κ2) is 14.2. The fourth-order valence-corrected chi connectivity index (χ4v) is 8.09. The number of nitrogens with zero attached hydrogens (tertiary/aromatic N) is 2. The van der Waals surface area contributed by atoms with E-state index in [0.717, 1.165) is 0 Å². The van der Waals surface area contributed by atoms with E-state index in [-0.39, 0.29) is 43.8 Å². The Hall–Kier alpha value is -4.00. The lowest BCUT2D eigenvalue weighted by molar-refractivity contribution is -0.161. The number of aliphatic hydroxyl groups excluding tert-OH is 1. The van der Waals surface area contributed by atoms with Gasteiger partial charge < -0.3 is 34.4 Å². The largest absolute Gasteiger partial charge is 0.497 e. The lowest BCUT2D eigenvalue weighted by Crippen LogP contribution is -2.56. The van der Waals surface area contributed by atoms with Gasteiger partial charge in [-0.2, -0.15) is 0 Å². The molecule has 0 aliphatic carbocycles. The highest BCUT2D eigenvalue weighted by Gasteiger charge is 2.75. The van der Waals surface area contributed by atoms with Gasteiger partial charge in [-0.25, -0.2) is 0 Å². The number of aliphatic hydroxyl groups is 1. The Balaban J connectivity index is 1.45. The van der Waals surface area contributed by atoms with Crippen LogP contribution in [0.25, 0.3) is 0 Å². The molecule has 6 rings (SSSR count). The summed E-state index contributed by atoms with van der Waals surface area (Å²) in [6.45, 7) is 2.07. The van der Waals surface area contributed by atoms with Gasteiger partial charge >= 0.3 is 5.97 Å². The van der Waals surface area contributed by atoms with Crippen molar-refractivity contribution in [3.05, 3.63) is 82.9 Å². The number of unbranched alkanes of at least 4 members (excludes halogenated alkanes) is 1. The second-order valence-corrected chi connectivity index (χ2v) is 13.5. The van der Waals surface area contributed by atoms with Crippen molar-refractivity contribution in [2.75, 3.05) is 31.7 Å². The molecule has 0 aromatic heterocycles. The maximum Gasteiger partial charge on any atom is 0.313 e. The van der Waals surface area contributed by atoms with Crippen molar-refractivity contribution in [1.29, 1.82) is 0 Å². The Morgan fingerprint density at radius 2 is 1.75 bits per heavy atom. The van der Waals surface area contributed by atoms with Crippen LogP contribution in [0.4, 0.5) is 5.69 Å². The van der Waals surface area contributed by atoms with Crippen LogP contribution < -0.4 is 15.0 Å². The number of carbonyl (C=O) groups is 4. The molecule has 254 valence electrons. The molecule has 1 spiro atoms. The number of esters is 1. The first kappa shape index (κ1) is 33.9. The van der Waals surface area contributed by atoms with Gasteiger partial charge in [0.05, 0.1) is 19.1 Å². The smallest absolute Gasteiger partial charge is 0.313 e. The normalized spacial score (nSPS) is 31.3. The highest BCUT2D eigenvalue weighted by Crippen LogP contribution is 2.59. The van der Waals surface area contributed by atoms with Gasteiger partial charge in [-0.15, -0.1) is 0 Å². The van der Waals surface area contributed by atoms with Crippen LogP contribution in [-0.2, 0) is 28.7 Å². The van der Waals surface area contributed by atoms with E-state index in [2.05, 4.69) is 21.2 Å². The summed E-state index contributed by atoms with van der Waals surface area (Å²) in [5, 5.41) is 12.5. The zero-order valence-electron chi connectivity index (χ0n) is 26.9. The van der Waals surface area contributed by atoms with Gasteiger partial charge in [0.1, 0.15) is 35.5 Å². The summed E-state index contributed by atoms with van der Waals surface area (Å²) >= 11 is 3.60. The zero-order valence-corrected chi connectivity index (χ0v) is 28.5. The number of benzene rings is 2. The van der Waals surface area contributed by atoms with Crippen molar-refractivity contribution in [2.45, 2.75) is 62.5 Å². The Morgan fingerprint density at radius 3 is 2.46 bits per heavy atom. The number of ether oxygens (including phenoxy) is 3. The molecular formula is C36H40BrN3O8. The van der Waals surface area contributed by atoms with Crippen molar-refractivity contribution in [1.82, 2.24) is 10.2 Å². The first-order chi connectivity index (χ1) is 23.2. The molecule has 2 saturated heterocycles. The molecule has 11 nitrogen and oxygen atoms in total. The summed E-state index contributed by atoms with van der Waals surface area (Å²) in [5.41, 5.74) is -0.170. The van der Waals surface area contributed by atoms with Gasteiger partial charge in [0, 0.05) is 36.3 Å². The number of likely N-dealkylation sites (tertiary alicyclic amines) is 1. The first-order valence-corrected chi connectivity index (χ1v) is 17.1. The molecule has 48 heavy (non-hydrogen) atoms. The molecule has 0 radical (unpaired) electrons. The molecule has 0 saturated carbocycles. The predicted octanol–water partition coefficient (Wildman–Crippen LogP) is 3.81. The summed E-state index contributed by atoms with van der Waals surface area (Å²) in [6.07, 6.45) is 5.28. The molecule has 4 aliphatic heterocycles. The minimum atomic E-state index is -1.44. The molecule has 2 aromatic carbocycles. The molecule has 7 atom stereocenters. The topological polar surface area (TPSA) is 135 Å². The van der Waals surface area contributed by atoms with E-state index in [4.69, 9.17) is 14.2 Å². The summed E-state index contributed by atoms with van der Waals surface area (Å²) in [4.78, 5) is 59.8. The Labute approximate surface area is 288 Å². The summed E-state index contributed by atoms with van der Waals surface area (Å²) in [7, 11) is 1.56. The van der Waals surface area contributed by atoms with Gasteiger partial charge in [0.15, 0.2) is 0 Å². The minimum absolute atomic E-state index is 0.0629. The number of hydrogen-bond donors (Lipinski definition) is 2. The highest BCUT2D eigenvalue weighted by molar-refractivity contribution is 9.11. The van der Waals surface area contributed by atoms with Gasteiger partial charge in [0.25, 0.3) is 5.91 Å². The van der Waals surface area contributed by atoms with Crippen LogP contribution in [-0.4, -0.2) is 84.3 Å². The third kappa shape index (κ3) is 6.17. The lowest BCUT2D eigenvalue weighted by Gasteiger charge is -2.36. The van der Waals surface area contributed by atoms with Crippen molar-refractivity contribution in [2.24, 2.45) is 11.8 Å². The van der Waals surface area contributed by atoms with E-state index in [1.165, 1.54) is 4.90 Å². The summed E-state index contributed by atoms with van der Waals surface area (Å²) in [5.74, 6) is -3.07. The number of anilines is 1. The van der Waals surface area contributed by atoms with E-state index in [0.29, 0.717) is 40.7 Å². The van der Waals surface area contributed by atoms with E-state index < -0.39 is 47.7 Å². The molecule has 5 bridgehead atoms. The average molecular weight is 723 g/mol. The van der Waals surface area contributed by atoms with Crippen LogP contribution in [0.1, 0.15) is 44.3 Å². The molecule has 0 unspecified atom stereocenters. The van der Waals surface area contributed by atoms with E-state index in [1.54, 1.807) is 49.3 Å². The van der Waals surface area contributed by atoms with Crippen LogP contribution in [0.15, 0.2) is 77.3 Å². The molecule has 12 heteroatoms. The van der Waals surface area contributed by atoms with Crippen molar-refractivity contribution >= 4 is 45.3 Å². The van der Waals surface area contributed by atoms with Crippen molar-refractivity contribution < 1.29 is 38.5 Å². The molecule has 2 aromatic rings. The quantitative estimate of drug-likeness (QED) is 0.251. The Morgan fingerprint density at radius 1 is 1.00 bits per heavy atom. The molecule has 2 N–H and O–H groups in total. The fourth-order valence-electron chi connectivity index (χ4n) is 7.35. The first-order valence-electron chi connectivity index (χ1n) is 16.3. The van der Waals surface area contributed by atoms with Crippen LogP contribution in [0.5, 0.6) is 5.75 Å². The lowest BCUT2D eigenvalue weighted by atomic mass is 9.74. The fraction of sp³-hybridized carbons (Fsp3) is 0.444. The Kier molecular flexibility index (Phi) is 10.0. The number of rotatable bonds is 7. The number of carbonyl (C=O) groups excluding carboxylic acids is 4.